The summed E-state index contributed by atoms with van der Waals surface area (Å²) in [6, 6.07) is 20.7. The predicted octanol–water partition coefficient (Wildman–Crippen LogP) is 5.37. The number of ether oxygens (including phenoxy) is 1. The van der Waals surface area contributed by atoms with Gasteiger partial charge in [-0.1, -0.05) is 33.6 Å². The minimum Gasteiger partial charge on any atom is -0.484 e. The summed E-state index contributed by atoms with van der Waals surface area (Å²) in [5.74, 6) is 0.0678. The van der Waals surface area contributed by atoms with Crippen LogP contribution in [0.3, 0.4) is 0 Å². The first kappa shape index (κ1) is 19.9. The van der Waals surface area contributed by atoms with E-state index in [9.17, 15) is 9.59 Å². The second-order valence-electron chi connectivity index (χ2n) is 5.83. The number of rotatable bonds is 6. The zero-order valence-corrected chi connectivity index (χ0v) is 17.0. The smallest absolute Gasteiger partial charge is 0.262 e. The van der Waals surface area contributed by atoms with Crippen molar-refractivity contribution >= 4 is 50.7 Å². The van der Waals surface area contributed by atoms with E-state index < -0.39 is 0 Å². The van der Waals surface area contributed by atoms with Crippen molar-refractivity contribution in [1.82, 2.24) is 0 Å². The molecule has 0 aliphatic rings. The number of benzene rings is 3. The maximum Gasteiger partial charge on any atom is 0.262 e. The van der Waals surface area contributed by atoms with Crippen molar-refractivity contribution in [3.63, 3.8) is 0 Å². The van der Waals surface area contributed by atoms with E-state index in [1.165, 1.54) is 0 Å². The molecule has 2 amide bonds. The fourth-order valence-electron chi connectivity index (χ4n) is 2.35. The molecule has 3 aromatic rings. The Kier molecular flexibility index (Phi) is 6.68. The standard InChI is InChI=1S/C21H16BrClN2O3/c22-15-4-10-19(11-5-15)28-13-20(26)24-17-6-8-18(9-7-17)25-21(27)14-2-1-3-16(23)12-14/h1-12H,13H2,(H,24,26)(H,25,27). The lowest BCUT2D eigenvalue weighted by atomic mass is 10.2. The lowest BCUT2D eigenvalue weighted by Crippen LogP contribution is -2.20. The molecular formula is C21H16BrClN2O3. The summed E-state index contributed by atoms with van der Waals surface area (Å²) in [6.07, 6.45) is 0. The van der Waals surface area contributed by atoms with Crippen LogP contribution in [-0.4, -0.2) is 18.4 Å². The molecule has 0 atom stereocenters. The van der Waals surface area contributed by atoms with Crippen molar-refractivity contribution in [2.75, 3.05) is 17.2 Å². The lowest BCUT2D eigenvalue weighted by Gasteiger charge is -2.09. The third kappa shape index (κ3) is 5.84. The highest BCUT2D eigenvalue weighted by atomic mass is 79.9. The maximum absolute atomic E-state index is 12.2. The van der Waals surface area contributed by atoms with Gasteiger partial charge in [0, 0.05) is 26.4 Å². The van der Waals surface area contributed by atoms with Gasteiger partial charge in [0.1, 0.15) is 5.75 Å². The molecule has 0 radical (unpaired) electrons. The van der Waals surface area contributed by atoms with Gasteiger partial charge in [-0.3, -0.25) is 9.59 Å². The molecule has 0 aliphatic heterocycles. The summed E-state index contributed by atoms with van der Waals surface area (Å²) < 4.78 is 6.37. The van der Waals surface area contributed by atoms with Gasteiger partial charge in [-0.2, -0.15) is 0 Å². The maximum atomic E-state index is 12.2. The molecule has 0 unspecified atom stereocenters. The van der Waals surface area contributed by atoms with E-state index >= 15 is 0 Å². The third-order valence-corrected chi connectivity index (χ3v) is 4.46. The SMILES string of the molecule is O=C(COc1ccc(Br)cc1)Nc1ccc(NC(=O)c2cccc(Cl)c2)cc1. The molecule has 3 aromatic carbocycles. The zero-order valence-electron chi connectivity index (χ0n) is 14.6. The van der Waals surface area contributed by atoms with E-state index in [4.69, 9.17) is 16.3 Å². The Morgan fingerprint density at radius 3 is 2.18 bits per heavy atom. The summed E-state index contributed by atoms with van der Waals surface area (Å²) in [6.45, 7) is -0.102. The van der Waals surface area contributed by atoms with Crippen molar-refractivity contribution in [3.05, 3.63) is 87.9 Å². The highest BCUT2D eigenvalue weighted by molar-refractivity contribution is 9.10. The molecule has 0 spiro atoms. The van der Waals surface area contributed by atoms with Crippen LogP contribution in [0.1, 0.15) is 10.4 Å². The van der Waals surface area contributed by atoms with Crippen molar-refractivity contribution in [3.8, 4) is 5.75 Å². The van der Waals surface area contributed by atoms with Gasteiger partial charge in [-0.05, 0) is 66.7 Å². The fourth-order valence-corrected chi connectivity index (χ4v) is 2.80. The Bertz CT molecular complexity index is 976. The molecule has 0 bridgehead atoms. The van der Waals surface area contributed by atoms with Crippen LogP contribution in [0.4, 0.5) is 11.4 Å². The normalized spacial score (nSPS) is 10.2. The number of nitrogens with one attached hydrogen (secondary N) is 2. The van der Waals surface area contributed by atoms with Gasteiger partial charge in [0.25, 0.3) is 11.8 Å². The van der Waals surface area contributed by atoms with Gasteiger partial charge >= 0.3 is 0 Å². The Labute approximate surface area is 175 Å². The average Bonchev–Trinajstić information content (AvgIpc) is 2.69. The lowest BCUT2D eigenvalue weighted by molar-refractivity contribution is -0.118. The van der Waals surface area contributed by atoms with Crippen LogP contribution in [0.2, 0.25) is 5.02 Å². The average molecular weight is 460 g/mol. The van der Waals surface area contributed by atoms with E-state index in [0.29, 0.717) is 27.7 Å². The van der Waals surface area contributed by atoms with Crippen LogP contribution in [0.15, 0.2) is 77.3 Å². The zero-order chi connectivity index (χ0) is 19.9. The molecule has 7 heteroatoms. The van der Waals surface area contributed by atoms with E-state index in [0.717, 1.165) is 4.47 Å². The molecule has 3 rings (SSSR count). The quantitative estimate of drug-likeness (QED) is 0.520. The Balaban J connectivity index is 1.51. The molecule has 0 fully saturated rings. The number of carbonyl (C=O) groups is 2. The topological polar surface area (TPSA) is 67.4 Å². The van der Waals surface area contributed by atoms with Crippen molar-refractivity contribution in [2.24, 2.45) is 0 Å². The minimum absolute atomic E-state index is 0.102. The van der Waals surface area contributed by atoms with Gasteiger partial charge < -0.3 is 15.4 Å². The van der Waals surface area contributed by atoms with E-state index in [2.05, 4.69) is 26.6 Å². The molecule has 0 aliphatic carbocycles. The van der Waals surface area contributed by atoms with Gasteiger partial charge in [0.2, 0.25) is 0 Å². The van der Waals surface area contributed by atoms with Gasteiger partial charge in [0.05, 0.1) is 0 Å². The number of anilines is 2. The third-order valence-electron chi connectivity index (χ3n) is 3.70. The second-order valence-corrected chi connectivity index (χ2v) is 7.18. The minimum atomic E-state index is -0.279. The van der Waals surface area contributed by atoms with Crippen LogP contribution in [0.5, 0.6) is 5.75 Å². The summed E-state index contributed by atoms with van der Waals surface area (Å²) in [5, 5.41) is 6.01. The molecule has 28 heavy (non-hydrogen) atoms. The molecule has 5 nitrogen and oxygen atoms in total. The first-order valence-corrected chi connectivity index (χ1v) is 9.52. The number of hydrogen-bond donors (Lipinski definition) is 2. The van der Waals surface area contributed by atoms with E-state index in [1.807, 2.05) is 12.1 Å². The molecule has 0 saturated carbocycles. The Morgan fingerprint density at radius 2 is 1.54 bits per heavy atom. The van der Waals surface area contributed by atoms with Gasteiger partial charge in [-0.15, -0.1) is 0 Å². The number of halogens is 2. The first-order valence-electron chi connectivity index (χ1n) is 8.35. The number of amides is 2. The Hall–Kier alpha value is -2.83. The van der Waals surface area contributed by atoms with Crippen molar-refractivity contribution in [1.29, 1.82) is 0 Å². The van der Waals surface area contributed by atoms with E-state index in [-0.39, 0.29) is 18.4 Å². The van der Waals surface area contributed by atoms with Crippen molar-refractivity contribution < 1.29 is 14.3 Å². The summed E-state index contributed by atoms with van der Waals surface area (Å²) in [4.78, 5) is 24.2. The van der Waals surface area contributed by atoms with Crippen LogP contribution >= 0.6 is 27.5 Å². The van der Waals surface area contributed by atoms with Gasteiger partial charge in [0.15, 0.2) is 6.61 Å². The summed E-state index contributed by atoms with van der Waals surface area (Å²) in [7, 11) is 0. The second kappa shape index (κ2) is 9.39. The Morgan fingerprint density at radius 1 is 0.893 bits per heavy atom. The van der Waals surface area contributed by atoms with Crippen molar-refractivity contribution in [2.45, 2.75) is 0 Å². The molecule has 2 N–H and O–H groups in total. The van der Waals surface area contributed by atoms with E-state index in [1.54, 1.807) is 60.7 Å². The number of carbonyl (C=O) groups excluding carboxylic acids is 2. The number of hydrogen-bond acceptors (Lipinski definition) is 3. The monoisotopic (exact) mass is 458 g/mol. The molecule has 0 aromatic heterocycles. The summed E-state index contributed by atoms with van der Waals surface area (Å²) >= 11 is 9.24. The van der Waals surface area contributed by atoms with Crippen LogP contribution < -0.4 is 15.4 Å². The fraction of sp³-hybridized carbons (Fsp3) is 0.0476. The van der Waals surface area contributed by atoms with Crippen LogP contribution in [-0.2, 0) is 4.79 Å². The summed E-state index contributed by atoms with van der Waals surface area (Å²) in [5.41, 5.74) is 1.68. The highest BCUT2D eigenvalue weighted by Crippen LogP contribution is 2.18. The molecule has 0 heterocycles. The first-order chi connectivity index (χ1) is 13.5. The largest absolute Gasteiger partial charge is 0.484 e. The van der Waals surface area contributed by atoms with Crippen LogP contribution in [0.25, 0.3) is 0 Å². The molecule has 142 valence electrons. The molecule has 0 saturated heterocycles. The predicted molar refractivity (Wildman–Crippen MR) is 114 cm³/mol. The van der Waals surface area contributed by atoms with Gasteiger partial charge in [-0.25, -0.2) is 0 Å². The molecular weight excluding hydrogens is 444 g/mol. The highest BCUT2D eigenvalue weighted by Gasteiger charge is 2.08. The van der Waals surface area contributed by atoms with Crippen LogP contribution in [0, 0.1) is 0 Å².